The van der Waals surface area contributed by atoms with Gasteiger partial charge in [-0.05, 0) is 38.6 Å². The van der Waals surface area contributed by atoms with E-state index in [2.05, 4.69) is 19.2 Å². The Labute approximate surface area is 88.6 Å². The fourth-order valence-corrected chi connectivity index (χ4v) is 1.96. The molecule has 3 N–H and O–H groups in total. The molecule has 2 nitrogen and oxygen atoms in total. The summed E-state index contributed by atoms with van der Waals surface area (Å²) in [5, 5.41) is 3.47. The zero-order valence-corrected chi connectivity index (χ0v) is 9.81. The Morgan fingerprint density at radius 3 is 2.71 bits per heavy atom. The summed E-state index contributed by atoms with van der Waals surface area (Å²) in [6.45, 7) is 6.45. The van der Waals surface area contributed by atoms with Gasteiger partial charge in [0.15, 0.2) is 0 Å². The quantitative estimate of drug-likeness (QED) is 0.587. The molecule has 2 heteroatoms. The van der Waals surface area contributed by atoms with Crippen molar-refractivity contribution in [2.24, 2.45) is 11.7 Å². The molecule has 0 heterocycles. The summed E-state index contributed by atoms with van der Waals surface area (Å²) in [5.74, 6) is 1.07. The summed E-state index contributed by atoms with van der Waals surface area (Å²) in [6.07, 6.45) is 7.99. The van der Waals surface area contributed by atoms with Gasteiger partial charge in [0, 0.05) is 12.1 Å². The summed E-state index contributed by atoms with van der Waals surface area (Å²) < 4.78 is 0. The van der Waals surface area contributed by atoms with Crippen LogP contribution in [0.2, 0.25) is 0 Å². The van der Waals surface area contributed by atoms with E-state index in [9.17, 15) is 0 Å². The second-order valence-electron chi connectivity index (χ2n) is 5.17. The second-order valence-corrected chi connectivity index (χ2v) is 5.17. The van der Waals surface area contributed by atoms with E-state index in [4.69, 9.17) is 5.73 Å². The topological polar surface area (TPSA) is 38.0 Å². The molecule has 0 aromatic rings. The van der Waals surface area contributed by atoms with Gasteiger partial charge in [-0.1, -0.05) is 26.2 Å². The number of hydrogen-bond acceptors (Lipinski definition) is 2. The minimum atomic E-state index is -0.00562. The highest BCUT2D eigenvalue weighted by molar-refractivity contribution is 4.80. The molecule has 0 amide bonds. The van der Waals surface area contributed by atoms with Gasteiger partial charge in [-0.25, -0.2) is 0 Å². The van der Waals surface area contributed by atoms with Crippen molar-refractivity contribution in [3.63, 3.8) is 0 Å². The monoisotopic (exact) mass is 198 g/mol. The van der Waals surface area contributed by atoms with E-state index in [0.717, 1.165) is 25.4 Å². The summed E-state index contributed by atoms with van der Waals surface area (Å²) in [4.78, 5) is 0. The fourth-order valence-electron chi connectivity index (χ4n) is 1.96. The Morgan fingerprint density at radius 2 is 2.14 bits per heavy atom. The molecule has 0 aromatic heterocycles. The van der Waals surface area contributed by atoms with E-state index in [1.54, 1.807) is 0 Å². The van der Waals surface area contributed by atoms with Crippen molar-refractivity contribution in [1.29, 1.82) is 0 Å². The van der Waals surface area contributed by atoms with Gasteiger partial charge in [-0.3, -0.25) is 0 Å². The van der Waals surface area contributed by atoms with Crippen LogP contribution in [0.25, 0.3) is 0 Å². The Hall–Kier alpha value is -0.0800. The van der Waals surface area contributed by atoms with Crippen molar-refractivity contribution in [3.8, 4) is 0 Å². The lowest BCUT2D eigenvalue weighted by Crippen LogP contribution is -2.46. The Kier molecular flexibility index (Phi) is 4.90. The molecule has 0 aromatic carbocycles. The molecule has 0 aliphatic heterocycles. The van der Waals surface area contributed by atoms with Crippen LogP contribution in [0.5, 0.6) is 0 Å². The van der Waals surface area contributed by atoms with E-state index in [-0.39, 0.29) is 5.54 Å². The van der Waals surface area contributed by atoms with E-state index in [1.807, 2.05) is 0 Å². The lowest BCUT2D eigenvalue weighted by atomic mass is 9.98. The Morgan fingerprint density at radius 1 is 1.43 bits per heavy atom. The van der Waals surface area contributed by atoms with Gasteiger partial charge >= 0.3 is 0 Å². The Balaban J connectivity index is 1.90. The zero-order valence-electron chi connectivity index (χ0n) is 9.81. The van der Waals surface area contributed by atoms with Crippen molar-refractivity contribution in [3.05, 3.63) is 0 Å². The molecule has 1 rings (SSSR count). The molecular formula is C12H26N2. The third-order valence-electron chi connectivity index (χ3n) is 3.01. The molecule has 1 aliphatic carbocycles. The highest BCUT2D eigenvalue weighted by Crippen LogP contribution is 2.33. The maximum atomic E-state index is 6.12. The van der Waals surface area contributed by atoms with Crippen LogP contribution in [0, 0.1) is 5.92 Å². The number of hydrogen-bond donors (Lipinski definition) is 2. The average molecular weight is 198 g/mol. The largest absolute Gasteiger partial charge is 0.324 e. The van der Waals surface area contributed by atoms with E-state index < -0.39 is 0 Å². The minimum Gasteiger partial charge on any atom is -0.324 e. The average Bonchev–Trinajstić information content (AvgIpc) is 2.87. The van der Waals surface area contributed by atoms with Gasteiger partial charge in [-0.15, -0.1) is 0 Å². The van der Waals surface area contributed by atoms with Gasteiger partial charge in [0.05, 0.1) is 0 Å². The number of nitrogens with two attached hydrogens (primary N) is 1. The zero-order chi connectivity index (χ0) is 10.4. The molecule has 1 atom stereocenters. The van der Waals surface area contributed by atoms with Gasteiger partial charge in [0.25, 0.3) is 0 Å². The van der Waals surface area contributed by atoms with Crippen LogP contribution in [-0.4, -0.2) is 18.6 Å². The normalized spacial score (nSPS) is 20.8. The maximum Gasteiger partial charge on any atom is 0.0252 e. The molecule has 0 radical (unpaired) electrons. The lowest BCUT2D eigenvalue weighted by Gasteiger charge is -2.24. The van der Waals surface area contributed by atoms with Gasteiger partial charge in [-0.2, -0.15) is 0 Å². The predicted molar refractivity (Wildman–Crippen MR) is 62.3 cm³/mol. The van der Waals surface area contributed by atoms with E-state index >= 15 is 0 Å². The summed E-state index contributed by atoms with van der Waals surface area (Å²) >= 11 is 0. The highest BCUT2D eigenvalue weighted by atomic mass is 14.9. The van der Waals surface area contributed by atoms with Crippen molar-refractivity contribution < 1.29 is 0 Å². The third kappa shape index (κ3) is 5.61. The van der Waals surface area contributed by atoms with Crippen LogP contribution in [0.1, 0.15) is 52.4 Å². The predicted octanol–water partition coefficient (Wildman–Crippen LogP) is 2.28. The maximum absolute atomic E-state index is 6.12. The summed E-state index contributed by atoms with van der Waals surface area (Å²) in [5.41, 5.74) is 6.11. The Bertz CT molecular complexity index is 150. The van der Waals surface area contributed by atoms with Crippen LogP contribution in [0.3, 0.4) is 0 Å². The van der Waals surface area contributed by atoms with Crippen LogP contribution in [-0.2, 0) is 0 Å². The molecule has 0 spiro atoms. The lowest BCUT2D eigenvalue weighted by molar-refractivity contribution is 0.394. The summed E-state index contributed by atoms with van der Waals surface area (Å²) in [7, 11) is 0. The van der Waals surface area contributed by atoms with Crippen molar-refractivity contribution >= 4 is 0 Å². The first-order chi connectivity index (χ1) is 6.64. The molecule has 14 heavy (non-hydrogen) atoms. The number of rotatable bonds is 8. The molecule has 1 saturated carbocycles. The minimum absolute atomic E-state index is 0.00562. The summed E-state index contributed by atoms with van der Waals surface area (Å²) in [6, 6.07) is 0. The van der Waals surface area contributed by atoms with Crippen molar-refractivity contribution in [1.82, 2.24) is 5.32 Å². The van der Waals surface area contributed by atoms with Crippen LogP contribution >= 0.6 is 0 Å². The van der Waals surface area contributed by atoms with E-state index in [1.165, 1.54) is 32.1 Å². The molecule has 0 bridgehead atoms. The van der Waals surface area contributed by atoms with Crippen molar-refractivity contribution in [2.45, 2.75) is 57.9 Å². The fraction of sp³-hybridized carbons (Fsp3) is 1.00. The smallest absolute Gasteiger partial charge is 0.0252 e. The first-order valence-corrected chi connectivity index (χ1v) is 6.13. The van der Waals surface area contributed by atoms with Gasteiger partial charge < -0.3 is 11.1 Å². The second kappa shape index (κ2) is 5.72. The first kappa shape index (κ1) is 12.0. The molecule has 0 saturated heterocycles. The van der Waals surface area contributed by atoms with Gasteiger partial charge in [0.1, 0.15) is 0 Å². The SMILES string of the molecule is CCCC(C)(N)CNCCCC1CC1. The highest BCUT2D eigenvalue weighted by Gasteiger charge is 2.20. The first-order valence-electron chi connectivity index (χ1n) is 6.13. The standard InChI is InChI=1S/C12H26N2/c1-3-8-12(2,13)10-14-9-4-5-11-6-7-11/h11,14H,3-10,13H2,1-2H3. The molecular weight excluding hydrogens is 172 g/mol. The van der Waals surface area contributed by atoms with Crippen LogP contribution in [0.4, 0.5) is 0 Å². The van der Waals surface area contributed by atoms with E-state index in [0.29, 0.717) is 0 Å². The third-order valence-corrected chi connectivity index (χ3v) is 3.01. The van der Waals surface area contributed by atoms with Gasteiger partial charge in [0.2, 0.25) is 0 Å². The molecule has 1 fully saturated rings. The molecule has 1 unspecified atom stereocenters. The van der Waals surface area contributed by atoms with Crippen molar-refractivity contribution in [2.75, 3.05) is 13.1 Å². The molecule has 1 aliphatic rings. The molecule has 84 valence electrons. The number of nitrogens with one attached hydrogen (secondary N) is 1. The van der Waals surface area contributed by atoms with Crippen LogP contribution < -0.4 is 11.1 Å². The van der Waals surface area contributed by atoms with Crippen LogP contribution in [0.15, 0.2) is 0 Å².